The van der Waals surface area contributed by atoms with E-state index < -0.39 is 34.0 Å². The summed E-state index contributed by atoms with van der Waals surface area (Å²) in [7, 11) is -0.136. The van der Waals surface area contributed by atoms with Gasteiger partial charge in [0.1, 0.15) is 16.6 Å². The molecule has 0 spiro atoms. The number of hydrogen-bond acceptors (Lipinski definition) is 4. The van der Waals surface area contributed by atoms with Gasteiger partial charge >= 0.3 is 0 Å². The fraction of sp³-hybridized carbons (Fsp3) is 0.296. The zero-order chi connectivity index (χ0) is 27.9. The van der Waals surface area contributed by atoms with Gasteiger partial charge in [-0.05, 0) is 49.4 Å². The Morgan fingerprint density at radius 2 is 1.92 bits per heavy atom. The van der Waals surface area contributed by atoms with Crippen molar-refractivity contribution < 1.29 is 17.4 Å². The third-order valence-electron chi connectivity index (χ3n) is 6.74. The molecule has 0 N–H and O–H groups in total. The lowest BCUT2D eigenvalue weighted by Crippen LogP contribution is -2.21. The summed E-state index contributed by atoms with van der Waals surface area (Å²) < 4.78 is 59.3. The van der Waals surface area contributed by atoms with Gasteiger partial charge in [-0.3, -0.25) is 18.6 Å². The Morgan fingerprint density at radius 1 is 1.24 bits per heavy atom. The number of aromatic nitrogens is 3. The van der Waals surface area contributed by atoms with E-state index in [0.29, 0.717) is 16.8 Å². The normalized spacial score (nSPS) is 20.8. The number of rotatable bonds is 7. The van der Waals surface area contributed by atoms with Gasteiger partial charge in [0, 0.05) is 42.2 Å². The molecule has 3 aromatic rings. The minimum absolute atomic E-state index is 0.0204. The maximum absolute atomic E-state index is 15.6. The molecule has 4 unspecified atom stereocenters. The maximum Gasteiger partial charge on any atom is 0.273 e. The number of allylic oxidation sites excluding steroid dienone is 2. The van der Waals surface area contributed by atoms with E-state index in [4.69, 9.17) is 11.6 Å². The van der Waals surface area contributed by atoms with E-state index in [0.717, 1.165) is 15.4 Å². The lowest BCUT2D eigenvalue weighted by molar-refractivity contribution is 0.494. The largest absolute Gasteiger partial charge is 0.284 e. The molecule has 1 saturated carbocycles. The Morgan fingerprint density at radius 3 is 2.53 bits per heavy atom. The highest BCUT2D eigenvalue weighted by atomic mass is 35.5. The molecule has 6 nitrogen and oxygen atoms in total. The zero-order valence-corrected chi connectivity index (χ0v) is 22.9. The highest BCUT2D eigenvalue weighted by Gasteiger charge is 2.51. The summed E-state index contributed by atoms with van der Waals surface area (Å²) in [6.07, 6.45) is 6.52. The molecule has 0 bridgehead atoms. The third kappa shape index (κ3) is 4.94. The van der Waals surface area contributed by atoms with Gasteiger partial charge in [0.05, 0.1) is 28.1 Å². The van der Waals surface area contributed by atoms with E-state index in [2.05, 4.69) is 10.1 Å². The minimum atomic E-state index is -1.65. The molecule has 0 amide bonds. The monoisotopic (exact) mass is 562 g/mol. The molecule has 4 rings (SSSR count). The van der Waals surface area contributed by atoms with Crippen LogP contribution in [0.5, 0.6) is 0 Å². The van der Waals surface area contributed by atoms with Crippen LogP contribution in [0, 0.1) is 24.6 Å². The Hall–Kier alpha value is -3.24. The van der Waals surface area contributed by atoms with E-state index in [1.54, 1.807) is 19.9 Å². The van der Waals surface area contributed by atoms with Crippen LogP contribution in [-0.4, -0.2) is 30.5 Å². The van der Waals surface area contributed by atoms with E-state index in [1.807, 2.05) is 6.92 Å². The van der Waals surface area contributed by atoms with Crippen molar-refractivity contribution in [2.45, 2.75) is 37.5 Å². The van der Waals surface area contributed by atoms with E-state index in [9.17, 15) is 13.4 Å². The second-order valence-corrected chi connectivity index (χ2v) is 10.9. The fourth-order valence-corrected chi connectivity index (χ4v) is 5.63. The fourth-order valence-electron chi connectivity index (χ4n) is 4.73. The van der Waals surface area contributed by atoms with Crippen LogP contribution >= 0.6 is 11.6 Å². The van der Waals surface area contributed by atoms with Crippen molar-refractivity contribution in [2.24, 2.45) is 18.0 Å². The van der Waals surface area contributed by atoms with Crippen LogP contribution in [0.15, 0.2) is 63.2 Å². The molecule has 1 aromatic carbocycles. The first-order chi connectivity index (χ1) is 18.0. The van der Waals surface area contributed by atoms with E-state index >= 15 is 8.78 Å². The Labute approximate surface area is 225 Å². The molecule has 0 saturated heterocycles. The number of benzene rings is 1. The number of aryl methyl sites for hydroxylation is 2. The smallest absolute Gasteiger partial charge is 0.273 e. The first-order valence-electron chi connectivity index (χ1n) is 11.8. The SMILES string of the molecule is C/C=C/N=C(/C(F)=C/n1c(C)cc(C2C(C)C2c2cnn(C)c2F)c(Cl)c1=O)c1cccc(S(C)=O)c1F. The van der Waals surface area contributed by atoms with Crippen LogP contribution in [-0.2, 0) is 17.8 Å². The molecule has 0 radical (unpaired) electrons. The van der Waals surface area contributed by atoms with E-state index in [1.165, 1.54) is 50.0 Å². The van der Waals surface area contributed by atoms with Crippen LogP contribution in [0.2, 0.25) is 5.02 Å². The topological polar surface area (TPSA) is 69.2 Å². The van der Waals surface area contributed by atoms with Crippen LogP contribution in [0.25, 0.3) is 6.20 Å². The summed E-state index contributed by atoms with van der Waals surface area (Å²) in [5.41, 5.74) is 0.134. The summed E-state index contributed by atoms with van der Waals surface area (Å²) in [6.45, 7) is 5.21. The number of pyridine rings is 1. The number of aliphatic imine (C=N–C) groups is 1. The minimum Gasteiger partial charge on any atom is -0.284 e. The predicted octanol–water partition coefficient (Wildman–Crippen LogP) is 5.87. The second kappa shape index (κ2) is 10.9. The molecule has 4 atom stereocenters. The Kier molecular flexibility index (Phi) is 7.94. The van der Waals surface area contributed by atoms with Crippen molar-refractivity contribution in [1.82, 2.24) is 14.3 Å². The zero-order valence-electron chi connectivity index (χ0n) is 21.4. The Balaban J connectivity index is 1.77. The molecule has 11 heteroatoms. The summed E-state index contributed by atoms with van der Waals surface area (Å²) in [5, 5.41) is 3.86. The highest BCUT2D eigenvalue weighted by molar-refractivity contribution is 7.84. The van der Waals surface area contributed by atoms with Gasteiger partial charge in [-0.15, -0.1) is 0 Å². The Bertz CT molecular complexity index is 1590. The van der Waals surface area contributed by atoms with Crippen molar-refractivity contribution in [3.63, 3.8) is 0 Å². The quantitative estimate of drug-likeness (QED) is 0.338. The lowest BCUT2D eigenvalue weighted by atomic mass is 10.1. The van der Waals surface area contributed by atoms with Gasteiger partial charge < -0.3 is 0 Å². The van der Waals surface area contributed by atoms with Crippen LogP contribution in [0.1, 0.15) is 48.1 Å². The summed E-state index contributed by atoms with van der Waals surface area (Å²) in [4.78, 5) is 17.2. The number of nitrogens with zero attached hydrogens (tertiary/aromatic N) is 4. The van der Waals surface area contributed by atoms with Crippen molar-refractivity contribution in [1.29, 1.82) is 0 Å². The van der Waals surface area contributed by atoms with Crippen molar-refractivity contribution in [3.8, 4) is 0 Å². The summed E-state index contributed by atoms with van der Waals surface area (Å²) >= 11 is 6.48. The predicted molar refractivity (Wildman–Crippen MR) is 144 cm³/mol. The molecule has 2 aromatic heterocycles. The van der Waals surface area contributed by atoms with Gasteiger partial charge in [0.2, 0.25) is 5.95 Å². The molecular formula is C27H26ClF3N4O2S. The maximum atomic E-state index is 15.6. The first kappa shape index (κ1) is 27.8. The standard InChI is InChI=1S/C27H26ClF3N4O2S/c1-6-10-32-25(16-8-7-9-20(24(16)30)38(5)37)19(29)13-35-14(2)11-17(23(28)27(35)36)21-15(3)22(21)18-12-33-34(4)26(18)31/h6-13,15,21-22H,1-5H3/b10-6+,19-13-,32-25+. The van der Waals surface area contributed by atoms with Gasteiger partial charge in [0.15, 0.2) is 5.83 Å². The number of halogens is 4. The molecule has 200 valence electrons. The average Bonchev–Trinajstić information content (AvgIpc) is 3.42. The molecule has 1 fully saturated rings. The van der Waals surface area contributed by atoms with Crippen LogP contribution < -0.4 is 5.56 Å². The van der Waals surface area contributed by atoms with Crippen molar-refractivity contribution in [2.75, 3.05) is 6.26 Å². The lowest BCUT2D eigenvalue weighted by Gasteiger charge is -2.12. The molecule has 1 aliphatic rings. The summed E-state index contributed by atoms with van der Waals surface area (Å²) in [5.74, 6) is -2.67. The van der Waals surface area contributed by atoms with Gasteiger partial charge in [0.25, 0.3) is 5.56 Å². The molecule has 1 aliphatic carbocycles. The van der Waals surface area contributed by atoms with Crippen LogP contribution in [0.3, 0.4) is 0 Å². The highest BCUT2D eigenvalue weighted by Crippen LogP contribution is 2.61. The van der Waals surface area contributed by atoms with Gasteiger partial charge in [-0.2, -0.15) is 9.49 Å². The molecular weight excluding hydrogens is 537 g/mol. The summed E-state index contributed by atoms with van der Waals surface area (Å²) in [6, 6.07) is 5.79. The first-order valence-corrected chi connectivity index (χ1v) is 13.7. The molecule has 2 heterocycles. The van der Waals surface area contributed by atoms with Gasteiger partial charge in [-0.25, -0.2) is 13.5 Å². The average molecular weight is 563 g/mol. The number of hydrogen-bond donors (Lipinski definition) is 0. The van der Waals surface area contributed by atoms with Crippen molar-refractivity contribution in [3.05, 3.63) is 98.1 Å². The molecule has 38 heavy (non-hydrogen) atoms. The third-order valence-corrected chi connectivity index (χ3v) is 8.06. The molecule has 0 aliphatic heterocycles. The van der Waals surface area contributed by atoms with Gasteiger partial charge in [-0.1, -0.05) is 30.7 Å². The second-order valence-electron chi connectivity index (χ2n) is 9.16. The van der Waals surface area contributed by atoms with Crippen LogP contribution in [0.4, 0.5) is 13.2 Å². The van der Waals surface area contributed by atoms with E-state index in [-0.39, 0.29) is 38.9 Å². The van der Waals surface area contributed by atoms with Crippen molar-refractivity contribution >= 4 is 34.3 Å².